The van der Waals surface area contributed by atoms with Crippen LogP contribution in [0.1, 0.15) is 31.4 Å². The smallest absolute Gasteiger partial charge is 0.410 e. The minimum Gasteiger partial charge on any atom is -0.450 e. The van der Waals surface area contributed by atoms with Crippen LogP contribution >= 0.6 is 0 Å². The fourth-order valence-electron chi connectivity index (χ4n) is 3.71. The highest BCUT2D eigenvalue weighted by atomic mass is 16.6. The highest BCUT2D eigenvalue weighted by molar-refractivity contribution is 5.93. The minimum absolute atomic E-state index is 0.0394. The van der Waals surface area contributed by atoms with Crippen molar-refractivity contribution in [3.63, 3.8) is 0 Å². The van der Waals surface area contributed by atoms with Gasteiger partial charge in [0.1, 0.15) is 0 Å². The van der Waals surface area contributed by atoms with Gasteiger partial charge in [-0.1, -0.05) is 6.07 Å². The van der Waals surface area contributed by atoms with Crippen molar-refractivity contribution in [1.29, 1.82) is 0 Å². The zero-order valence-corrected chi connectivity index (χ0v) is 15.1. The topological polar surface area (TPSA) is 63.1 Å². The van der Waals surface area contributed by atoms with E-state index in [1.807, 2.05) is 19.9 Å². The fraction of sp³-hybridized carbons (Fsp3) is 0.579. The van der Waals surface area contributed by atoms with Gasteiger partial charge in [-0.2, -0.15) is 0 Å². The SMILES string of the molecule is CCOC(=O)N1CC[NH+]([C@@H](C)C(=O)Nc2ccc3c(c2)CCC3)CC1. The summed E-state index contributed by atoms with van der Waals surface area (Å²) in [7, 11) is 0. The summed E-state index contributed by atoms with van der Waals surface area (Å²) in [6.45, 7) is 6.94. The number of quaternary nitrogens is 1. The summed E-state index contributed by atoms with van der Waals surface area (Å²) in [6, 6.07) is 6.11. The molecule has 1 fully saturated rings. The van der Waals surface area contributed by atoms with Crippen molar-refractivity contribution in [3.05, 3.63) is 29.3 Å². The van der Waals surface area contributed by atoms with Crippen molar-refractivity contribution in [2.45, 2.75) is 39.2 Å². The van der Waals surface area contributed by atoms with Gasteiger partial charge in [0.15, 0.2) is 6.04 Å². The van der Waals surface area contributed by atoms with Crippen LogP contribution in [0.25, 0.3) is 0 Å². The van der Waals surface area contributed by atoms with Gasteiger partial charge in [-0.05, 0) is 56.4 Å². The van der Waals surface area contributed by atoms with Gasteiger partial charge >= 0.3 is 6.09 Å². The van der Waals surface area contributed by atoms with Crippen LogP contribution in [-0.2, 0) is 22.4 Å². The number of hydrogen-bond donors (Lipinski definition) is 2. The highest BCUT2D eigenvalue weighted by Gasteiger charge is 2.31. The molecular weight excluding hydrogens is 318 g/mol. The van der Waals surface area contributed by atoms with Crippen LogP contribution in [0.3, 0.4) is 0 Å². The third-order valence-corrected chi connectivity index (χ3v) is 5.30. The molecule has 2 amide bonds. The first-order chi connectivity index (χ1) is 12.1. The third-order valence-electron chi connectivity index (χ3n) is 5.30. The Hall–Kier alpha value is -2.08. The van der Waals surface area contributed by atoms with Crippen molar-refractivity contribution in [1.82, 2.24) is 4.90 Å². The molecule has 1 aromatic rings. The molecule has 2 aliphatic rings. The second-order valence-electron chi connectivity index (χ2n) is 6.89. The van der Waals surface area contributed by atoms with E-state index in [9.17, 15) is 9.59 Å². The maximum Gasteiger partial charge on any atom is 0.410 e. The molecule has 3 rings (SSSR count). The minimum atomic E-state index is -0.253. The summed E-state index contributed by atoms with van der Waals surface area (Å²) in [5, 5.41) is 3.06. The number of aryl methyl sites for hydroxylation is 2. The second kappa shape index (κ2) is 7.87. The molecule has 0 unspecified atom stereocenters. The van der Waals surface area contributed by atoms with E-state index in [0.717, 1.165) is 31.6 Å². The number of fused-ring (bicyclic) bond motifs is 1. The fourth-order valence-corrected chi connectivity index (χ4v) is 3.71. The molecule has 0 aromatic heterocycles. The van der Waals surface area contributed by atoms with E-state index in [2.05, 4.69) is 17.4 Å². The molecule has 1 aromatic carbocycles. The molecule has 0 radical (unpaired) electrons. The monoisotopic (exact) mass is 346 g/mol. The van der Waals surface area contributed by atoms with Crippen molar-refractivity contribution in [2.75, 3.05) is 38.1 Å². The molecule has 1 atom stereocenters. The lowest BCUT2D eigenvalue weighted by atomic mass is 10.1. The predicted octanol–water partition coefficient (Wildman–Crippen LogP) is 0.859. The Labute approximate surface area is 149 Å². The summed E-state index contributed by atoms with van der Waals surface area (Å²) in [4.78, 5) is 27.3. The Morgan fingerprint density at radius 3 is 2.68 bits per heavy atom. The lowest BCUT2D eigenvalue weighted by Gasteiger charge is -2.34. The van der Waals surface area contributed by atoms with Gasteiger partial charge in [0.05, 0.1) is 32.8 Å². The number of hydrogen-bond acceptors (Lipinski definition) is 3. The van der Waals surface area contributed by atoms with E-state index in [0.29, 0.717) is 19.7 Å². The Kier molecular flexibility index (Phi) is 5.58. The Bertz CT molecular complexity index is 639. The molecule has 2 N–H and O–H groups in total. The van der Waals surface area contributed by atoms with Gasteiger partial charge in [0.25, 0.3) is 5.91 Å². The maximum absolute atomic E-state index is 12.6. The van der Waals surface area contributed by atoms with Crippen LogP contribution in [0, 0.1) is 0 Å². The third kappa shape index (κ3) is 4.12. The largest absolute Gasteiger partial charge is 0.450 e. The average molecular weight is 346 g/mol. The van der Waals surface area contributed by atoms with Gasteiger partial charge < -0.3 is 15.0 Å². The number of nitrogens with zero attached hydrogens (tertiary/aromatic N) is 1. The van der Waals surface area contributed by atoms with E-state index in [1.54, 1.807) is 4.90 Å². The number of nitrogens with one attached hydrogen (secondary N) is 2. The lowest BCUT2D eigenvalue weighted by Crippen LogP contribution is -3.19. The number of carbonyl (C=O) groups excluding carboxylic acids is 2. The molecule has 1 heterocycles. The molecule has 136 valence electrons. The van der Waals surface area contributed by atoms with Crippen LogP contribution in [0.4, 0.5) is 10.5 Å². The molecule has 0 saturated carbocycles. The summed E-state index contributed by atoms with van der Waals surface area (Å²) < 4.78 is 5.04. The summed E-state index contributed by atoms with van der Waals surface area (Å²) in [5.74, 6) is 0.0394. The number of benzene rings is 1. The normalized spacial score (nSPS) is 18.6. The summed E-state index contributed by atoms with van der Waals surface area (Å²) in [5.41, 5.74) is 3.66. The molecule has 6 heteroatoms. The summed E-state index contributed by atoms with van der Waals surface area (Å²) in [6.07, 6.45) is 3.21. The van der Waals surface area contributed by atoms with E-state index < -0.39 is 0 Å². The molecule has 6 nitrogen and oxygen atoms in total. The number of carbonyl (C=O) groups is 2. The molecule has 0 spiro atoms. The molecule has 1 saturated heterocycles. The van der Waals surface area contributed by atoms with Crippen LogP contribution in [0.2, 0.25) is 0 Å². The van der Waals surface area contributed by atoms with Crippen LogP contribution in [-0.4, -0.2) is 55.7 Å². The van der Waals surface area contributed by atoms with Gasteiger partial charge in [-0.25, -0.2) is 4.79 Å². The first-order valence-electron chi connectivity index (χ1n) is 9.27. The summed E-state index contributed by atoms with van der Waals surface area (Å²) >= 11 is 0. The van der Waals surface area contributed by atoms with Crippen LogP contribution in [0.5, 0.6) is 0 Å². The zero-order chi connectivity index (χ0) is 17.8. The quantitative estimate of drug-likeness (QED) is 0.850. The van der Waals surface area contributed by atoms with Crippen molar-refractivity contribution in [2.24, 2.45) is 0 Å². The van der Waals surface area contributed by atoms with Gasteiger partial charge in [0.2, 0.25) is 0 Å². The highest BCUT2D eigenvalue weighted by Crippen LogP contribution is 2.24. The van der Waals surface area contributed by atoms with Gasteiger partial charge in [-0.3, -0.25) is 9.69 Å². The molecular formula is C19H28N3O3+. The standard InChI is InChI=1S/C19H27N3O3/c1-3-25-19(24)22-11-9-21(10-12-22)14(2)18(23)20-17-8-7-15-5-4-6-16(15)13-17/h7-8,13-14H,3-6,9-12H2,1-2H3,(H,20,23)/p+1/t14-/m0/s1. The number of amides is 2. The first-order valence-corrected chi connectivity index (χ1v) is 9.27. The number of anilines is 1. The Morgan fingerprint density at radius 2 is 1.96 bits per heavy atom. The average Bonchev–Trinajstić information content (AvgIpc) is 3.09. The second-order valence-corrected chi connectivity index (χ2v) is 6.89. The molecule has 1 aliphatic carbocycles. The molecule has 1 aliphatic heterocycles. The van der Waals surface area contributed by atoms with Gasteiger partial charge in [0, 0.05) is 5.69 Å². The first kappa shape index (κ1) is 17.7. The van der Waals surface area contributed by atoms with Crippen molar-refractivity contribution < 1.29 is 19.2 Å². The van der Waals surface area contributed by atoms with E-state index in [4.69, 9.17) is 4.74 Å². The number of rotatable bonds is 4. The maximum atomic E-state index is 12.6. The van der Waals surface area contributed by atoms with Crippen molar-refractivity contribution in [3.8, 4) is 0 Å². The van der Waals surface area contributed by atoms with Crippen molar-refractivity contribution >= 4 is 17.7 Å². The zero-order valence-electron chi connectivity index (χ0n) is 15.1. The Balaban J connectivity index is 1.52. The Morgan fingerprint density at radius 1 is 1.24 bits per heavy atom. The molecule has 0 bridgehead atoms. The van der Waals surface area contributed by atoms with E-state index in [1.165, 1.54) is 22.4 Å². The van der Waals surface area contributed by atoms with Crippen LogP contribution < -0.4 is 10.2 Å². The molecule has 25 heavy (non-hydrogen) atoms. The lowest BCUT2D eigenvalue weighted by molar-refractivity contribution is -0.917. The van der Waals surface area contributed by atoms with Gasteiger partial charge in [-0.15, -0.1) is 0 Å². The number of ether oxygens (including phenoxy) is 1. The predicted molar refractivity (Wildman–Crippen MR) is 95.9 cm³/mol. The number of piperazine rings is 1. The van der Waals surface area contributed by atoms with E-state index >= 15 is 0 Å². The van der Waals surface area contributed by atoms with Crippen LogP contribution in [0.15, 0.2) is 18.2 Å². The van der Waals surface area contributed by atoms with E-state index in [-0.39, 0.29) is 18.0 Å².